The Hall–Kier alpha value is -2.34. The Kier molecular flexibility index (Phi) is 4.37. The third kappa shape index (κ3) is 2.97. The lowest BCUT2D eigenvalue weighted by atomic mass is 10.2. The molecule has 0 spiro atoms. The third-order valence-corrected chi connectivity index (χ3v) is 2.84. The van der Waals surface area contributed by atoms with Crippen LogP contribution in [0.25, 0.3) is 0 Å². The zero-order chi connectivity index (χ0) is 14.5. The van der Waals surface area contributed by atoms with Gasteiger partial charge in [-0.1, -0.05) is 11.6 Å². The minimum absolute atomic E-state index is 0.0723. The highest BCUT2D eigenvalue weighted by Gasteiger charge is 2.11. The number of benzene rings is 1. The highest BCUT2D eigenvalue weighted by molar-refractivity contribution is 6.30. The van der Waals surface area contributed by atoms with Gasteiger partial charge >= 0.3 is 0 Å². The Balaban J connectivity index is 2.23. The number of ether oxygens (including phenoxy) is 2. The molecule has 0 bridgehead atoms. The van der Waals surface area contributed by atoms with Crippen molar-refractivity contribution in [3.8, 4) is 11.6 Å². The van der Waals surface area contributed by atoms with Gasteiger partial charge in [0.25, 0.3) is 0 Å². The maximum absolute atomic E-state index is 11.0. The molecule has 20 heavy (non-hydrogen) atoms. The molecule has 1 aromatic heterocycles. The van der Waals surface area contributed by atoms with E-state index in [1.54, 1.807) is 25.3 Å². The van der Waals surface area contributed by atoms with Crippen LogP contribution in [0.4, 0.5) is 5.82 Å². The average Bonchev–Trinajstić information content (AvgIpc) is 2.45. The van der Waals surface area contributed by atoms with Crippen LogP contribution in [0, 0.1) is 0 Å². The number of nitrogen functional groups attached to an aromatic ring is 1. The summed E-state index contributed by atoms with van der Waals surface area (Å²) in [6.45, 7) is 0.140. The van der Waals surface area contributed by atoms with Crippen molar-refractivity contribution in [2.45, 2.75) is 6.61 Å². The number of halogens is 1. The summed E-state index contributed by atoms with van der Waals surface area (Å²) in [6, 6.07) is 5.16. The number of hydrogen-bond acceptors (Lipinski definition) is 6. The van der Waals surface area contributed by atoms with Crippen LogP contribution >= 0.6 is 11.6 Å². The normalized spacial score (nSPS) is 10.1. The monoisotopic (exact) mass is 293 g/mol. The van der Waals surface area contributed by atoms with Crippen LogP contribution in [0.3, 0.4) is 0 Å². The van der Waals surface area contributed by atoms with Gasteiger partial charge in [0, 0.05) is 10.6 Å². The highest BCUT2D eigenvalue weighted by atomic mass is 35.5. The highest BCUT2D eigenvalue weighted by Crippen LogP contribution is 2.25. The molecular weight excluding hydrogens is 282 g/mol. The van der Waals surface area contributed by atoms with Gasteiger partial charge in [-0.2, -0.15) is 0 Å². The first-order chi connectivity index (χ1) is 9.65. The minimum Gasteiger partial charge on any atom is -0.496 e. The summed E-state index contributed by atoms with van der Waals surface area (Å²) in [7, 11) is 1.55. The summed E-state index contributed by atoms with van der Waals surface area (Å²) in [5.41, 5.74) is 6.42. The summed E-state index contributed by atoms with van der Waals surface area (Å²) in [4.78, 5) is 18.6. The lowest BCUT2D eigenvalue weighted by molar-refractivity contribution is 0.111. The minimum atomic E-state index is 0.0723. The second-order valence-electron chi connectivity index (χ2n) is 3.84. The number of aldehydes is 1. The van der Waals surface area contributed by atoms with Crippen LogP contribution in [0.5, 0.6) is 11.6 Å². The van der Waals surface area contributed by atoms with E-state index in [0.717, 1.165) is 5.56 Å². The molecular formula is C13H12ClN3O3. The second-order valence-corrected chi connectivity index (χ2v) is 4.28. The number of nitrogens with two attached hydrogens (primary N) is 1. The number of aromatic nitrogens is 2. The van der Waals surface area contributed by atoms with Crippen molar-refractivity contribution in [3.63, 3.8) is 0 Å². The quantitative estimate of drug-likeness (QED) is 0.850. The molecule has 0 aliphatic carbocycles. The van der Waals surface area contributed by atoms with E-state index in [-0.39, 0.29) is 23.9 Å². The van der Waals surface area contributed by atoms with Crippen LogP contribution in [0.15, 0.2) is 24.5 Å². The van der Waals surface area contributed by atoms with Crippen molar-refractivity contribution in [3.05, 3.63) is 40.7 Å². The molecule has 7 heteroatoms. The molecule has 2 aromatic rings. The van der Waals surface area contributed by atoms with Gasteiger partial charge in [0.1, 0.15) is 30.1 Å². The maximum atomic E-state index is 11.0. The maximum Gasteiger partial charge on any atom is 0.229 e. The summed E-state index contributed by atoms with van der Waals surface area (Å²) in [6.07, 6.45) is 1.78. The molecule has 0 fully saturated rings. The van der Waals surface area contributed by atoms with Crippen molar-refractivity contribution < 1.29 is 14.3 Å². The largest absolute Gasteiger partial charge is 0.496 e. The van der Waals surface area contributed by atoms with Crippen LogP contribution in [0.1, 0.15) is 15.9 Å². The zero-order valence-electron chi connectivity index (χ0n) is 10.7. The standard InChI is InChI=1S/C13H12ClN3O3/c1-19-11-3-2-9(14)4-8(11)6-20-13-10(5-18)12(15)16-7-17-13/h2-5,7H,6H2,1H3,(H2,15,16,17). The first-order valence-electron chi connectivity index (χ1n) is 5.66. The Morgan fingerprint density at radius 3 is 2.90 bits per heavy atom. The van der Waals surface area contributed by atoms with E-state index < -0.39 is 0 Å². The first-order valence-corrected chi connectivity index (χ1v) is 6.04. The van der Waals surface area contributed by atoms with E-state index in [0.29, 0.717) is 17.1 Å². The van der Waals surface area contributed by atoms with Crippen molar-refractivity contribution in [2.75, 3.05) is 12.8 Å². The fraction of sp³-hybridized carbons (Fsp3) is 0.154. The number of hydrogen-bond donors (Lipinski definition) is 1. The van der Waals surface area contributed by atoms with E-state index in [9.17, 15) is 4.79 Å². The predicted molar refractivity (Wildman–Crippen MR) is 74.2 cm³/mol. The van der Waals surface area contributed by atoms with E-state index in [2.05, 4.69) is 9.97 Å². The number of anilines is 1. The number of carbonyl (C=O) groups excluding carboxylic acids is 1. The van der Waals surface area contributed by atoms with Crippen molar-refractivity contribution in [1.29, 1.82) is 0 Å². The fourth-order valence-corrected chi connectivity index (χ4v) is 1.82. The molecule has 6 nitrogen and oxygen atoms in total. The van der Waals surface area contributed by atoms with Crippen molar-refractivity contribution >= 4 is 23.7 Å². The Bertz CT molecular complexity index is 634. The zero-order valence-corrected chi connectivity index (χ0v) is 11.4. The molecule has 1 heterocycles. The Labute approximate surface area is 120 Å². The third-order valence-electron chi connectivity index (χ3n) is 2.60. The molecule has 0 amide bonds. The van der Waals surface area contributed by atoms with Gasteiger partial charge in [0.05, 0.1) is 7.11 Å². The molecule has 0 radical (unpaired) electrons. The lowest BCUT2D eigenvalue weighted by Gasteiger charge is -2.11. The number of methoxy groups -OCH3 is 1. The molecule has 2 rings (SSSR count). The number of carbonyl (C=O) groups is 1. The summed E-state index contributed by atoms with van der Waals surface area (Å²) >= 11 is 5.93. The topological polar surface area (TPSA) is 87.3 Å². The van der Waals surface area contributed by atoms with E-state index in [4.69, 9.17) is 26.8 Å². The van der Waals surface area contributed by atoms with Crippen LogP contribution in [0.2, 0.25) is 5.02 Å². The fourth-order valence-electron chi connectivity index (χ4n) is 1.62. The molecule has 0 saturated carbocycles. The lowest BCUT2D eigenvalue weighted by Crippen LogP contribution is -2.05. The molecule has 2 N–H and O–H groups in total. The van der Waals surface area contributed by atoms with Gasteiger partial charge in [-0.05, 0) is 18.2 Å². The SMILES string of the molecule is COc1ccc(Cl)cc1COc1ncnc(N)c1C=O. The summed E-state index contributed by atoms with van der Waals surface area (Å²) in [5.74, 6) is 0.821. The molecule has 0 unspecified atom stereocenters. The summed E-state index contributed by atoms with van der Waals surface area (Å²) in [5, 5.41) is 0.558. The van der Waals surface area contributed by atoms with Crippen molar-refractivity contribution in [2.24, 2.45) is 0 Å². The second kappa shape index (κ2) is 6.21. The van der Waals surface area contributed by atoms with Gasteiger partial charge in [-0.15, -0.1) is 0 Å². The Morgan fingerprint density at radius 1 is 1.40 bits per heavy atom. The molecule has 0 aliphatic rings. The first kappa shape index (κ1) is 14.1. The summed E-state index contributed by atoms with van der Waals surface area (Å²) < 4.78 is 10.7. The average molecular weight is 294 g/mol. The van der Waals surface area contributed by atoms with Gasteiger partial charge in [-0.3, -0.25) is 4.79 Å². The number of nitrogens with zero attached hydrogens (tertiary/aromatic N) is 2. The van der Waals surface area contributed by atoms with Crippen LogP contribution in [-0.4, -0.2) is 23.4 Å². The smallest absolute Gasteiger partial charge is 0.229 e. The van der Waals surface area contributed by atoms with E-state index >= 15 is 0 Å². The van der Waals surface area contributed by atoms with Crippen LogP contribution < -0.4 is 15.2 Å². The molecule has 1 aromatic carbocycles. The van der Waals surface area contributed by atoms with Gasteiger partial charge < -0.3 is 15.2 Å². The van der Waals surface area contributed by atoms with Crippen molar-refractivity contribution in [1.82, 2.24) is 9.97 Å². The van der Waals surface area contributed by atoms with Gasteiger partial charge in [0.2, 0.25) is 5.88 Å². The van der Waals surface area contributed by atoms with Gasteiger partial charge in [0.15, 0.2) is 6.29 Å². The van der Waals surface area contributed by atoms with Gasteiger partial charge in [-0.25, -0.2) is 9.97 Å². The predicted octanol–water partition coefficient (Wildman–Crippen LogP) is 2.11. The van der Waals surface area contributed by atoms with E-state index in [1.807, 2.05) is 0 Å². The molecule has 104 valence electrons. The molecule has 0 aliphatic heterocycles. The van der Waals surface area contributed by atoms with E-state index in [1.165, 1.54) is 6.33 Å². The number of rotatable bonds is 5. The molecule has 0 atom stereocenters. The van der Waals surface area contributed by atoms with Crippen LogP contribution in [-0.2, 0) is 6.61 Å². The molecule has 0 saturated heterocycles. The Morgan fingerprint density at radius 2 is 2.20 bits per heavy atom.